The van der Waals surface area contributed by atoms with Crippen molar-refractivity contribution in [3.05, 3.63) is 53.9 Å². The van der Waals surface area contributed by atoms with E-state index in [1.54, 1.807) is 13.3 Å². The van der Waals surface area contributed by atoms with Crippen LogP contribution in [0.15, 0.2) is 42.7 Å². The van der Waals surface area contributed by atoms with Crippen molar-refractivity contribution in [2.75, 3.05) is 13.7 Å². The molecule has 0 fully saturated rings. The number of para-hydroxylation sites is 1. The lowest BCUT2D eigenvalue weighted by Crippen LogP contribution is -2.15. The highest BCUT2D eigenvalue weighted by Gasteiger charge is 2.11. The van der Waals surface area contributed by atoms with Crippen molar-refractivity contribution in [2.45, 2.75) is 26.9 Å². The summed E-state index contributed by atoms with van der Waals surface area (Å²) < 4.78 is 11.4. The molecule has 1 aromatic heterocycles. The minimum Gasteiger partial charge on any atom is -0.493 e. The fourth-order valence-corrected chi connectivity index (χ4v) is 2.12. The molecule has 1 N–H and O–H groups in total. The topological polar surface area (TPSA) is 43.4 Å². The molecule has 1 aromatic carbocycles. The van der Waals surface area contributed by atoms with Gasteiger partial charge >= 0.3 is 0 Å². The lowest BCUT2D eigenvalue weighted by atomic mass is 10.1. The van der Waals surface area contributed by atoms with E-state index in [9.17, 15) is 0 Å². The Balaban J connectivity index is 2.02. The molecular formula is C18H24N2O2. The third-order valence-electron chi connectivity index (χ3n) is 3.21. The quantitative estimate of drug-likeness (QED) is 0.811. The van der Waals surface area contributed by atoms with E-state index in [1.165, 1.54) is 0 Å². The van der Waals surface area contributed by atoms with Crippen molar-refractivity contribution in [2.24, 2.45) is 5.92 Å². The molecule has 1 heterocycles. The van der Waals surface area contributed by atoms with E-state index < -0.39 is 0 Å². The first-order chi connectivity index (χ1) is 10.7. The summed E-state index contributed by atoms with van der Waals surface area (Å²) in [6, 6.07) is 9.98. The molecule has 0 bridgehead atoms. The molecule has 0 saturated heterocycles. The maximum atomic E-state index is 5.95. The molecule has 0 aliphatic carbocycles. The summed E-state index contributed by atoms with van der Waals surface area (Å²) in [5.41, 5.74) is 2.26. The van der Waals surface area contributed by atoms with Gasteiger partial charge in [-0.05, 0) is 23.6 Å². The Bertz CT molecular complexity index is 571. The van der Waals surface area contributed by atoms with Crippen molar-refractivity contribution in [3.8, 4) is 11.5 Å². The highest BCUT2D eigenvalue weighted by Crippen LogP contribution is 2.31. The zero-order valence-corrected chi connectivity index (χ0v) is 13.5. The summed E-state index contributed by atoms with van der Waals surface area (Å²) in [5, 5.41) is 3.42. The van der Waals surface area contributed by atoms with Crippen molar-refractivity contribution in [3.63, 3.8) is 0 Å². The van der Waals surface area contributed by atoms with E-state index in [0.29, 0.717) is 12.5 Å². The Morgan fingerprint density at radius 1 is 1.14 bits per heavy atom. The van der Waals surface area contributed by atoms with Crippen LogP contribution in [0.1, 0.15) is 25.0 Å². The van der Waals surface area contributed by atoms with E-state index >= 15 is 0 Å². The Labute approximate surface area is 132 Å². The number of benzene rings is 1. The van der Waals surface area contributed by atoms with Gasteiger partial charge in [0.15, 0.2) is 11.5 Å². The SMILES string of the molecule is COc1cccc(CNCc2cccnc2)c1OCC(C)C. The van der Waals surface area contributed by atoms with E-state index in [1.807, 2.05) is 24.4 Å². The first-order valence-corrected chi connectivity index (χ1v) is 7.59. The lowest BCUT2D eigenvalue weighted by molar-refractivity contribution is 0.254. The van der Waals surface area contributed by atoms with Gasteiger partial charge in [-0.1, -0.05) is 32.0 Å². The van der Waals surface area contributed by atoms with E-state index in [4.69, 9.17) is 9.47 Å². The monoisotopic (exact) mass is 300 g/mol. The second kappa shape index (κ2) is 8.39. The van der Waals surface area contributed by atoms with Crippen LogP contribution in [0.25, 0.3) is 0 Å². The number of hydrogen-bond donors (Lipinski definition) is 1. The largest absolute Gasteiger partial charge is 0.493 e. The standard InChI is InChI=1S/C18H24N2O2/c1-14(2)13-22-18-16(7-4-8-17(18)21-3)12-20-11-15-6-5-9-19-10-15/h4-10,14,20H,11-13H2,1-3H3. The summed E-state index contributed by atoms with van der Waals surface area (Å²) in [6.07, 6.45) is 3.65. The molecule has 118 valence electrons. The molecule has 0 unspecified atom stereocenters. The summed E-state index contributed by atoms with van der Waals surface area (Å²) in [4.78, 5) is 4.12. The van der Waals surface area contributed by atoms with E-state index in [0.717, 1.165) is 35.7 Å². The number of rotatable bonds is 8. The van der Waals surface area contributed by atoms with E-state index in [2.05, 4.69) is 36.3 Å². The Morgan fingerprint density at radius 3 is 2.68 bits per heavy atom. The summed E-state index contributed by atoms with van der Waals surface area (Å²) in [7, 11) is 1.67. The molecule has 0 spiro atoms. The molecule has 4 heteroatoms. The molecule has 0 aliphatic rings. The average Bonchev–Trinajstić information content (AvgIpc) is 2.54. The molecular weight excluding hydrogens is 276 g/mol. The van der Waals surface area contributed by atoms with Crippen LogP contribution in [-0.4, -0.2) is 18.7 Å². The van der Waals surface area contributed by atoms with Gasteiger partial charge in [-0.2, -0.15) is 0 Å². The summed E-state index contributed by atoms with van der Waals surface area (Å²) >= 11 is 0. The van der Waals surface area contributed by atoms with E-state index in [-0.39, 0.29) is 0 Å². The van der Waals surface area contributed by atoms with Crippen LogP contribution < -0.4 is 14.8 Å². The number of pyridine rings is 1. The van der Waals surface area contributed by atoms with Gasteiger partial charge in [0.25, 0.3) is 0 Å². The summed E-state index contributed by atoms with van der Waals surface area (Å²) in [5.74, 6) is 2.08. The Hall–Kier alpha value is -2.07. The number of ether oxygens (including phenoxy) is 2. The number of hydrogen-bond acceptors (Lipinski definition) is 4. The van der Waals surface area contributed by atoms with Crippen LogP contribution >= 0.6 is 0 Å². The van der Waals surface area contributed by atoms with Gasteiger partial charge in [0.1, 0.15) is 0 Å². The van der Waals surface area contributed by atoms with Crippen molar-refractivity contribution < 1.29 is 9.47 Å². The van der Waals surface area contributed by atoms with Gasteiger partial charge < -0.3 is 14.8 Å². The van der Waals surface area contributed by atoms with Crippen LogP contribution in [0.5, 0.6) is 11.5 Å². The van der Waals surface area contributed by atoms with Crippen molar-refractivity contribution in [1.82, 2.24) is 10.3 Å². The van der Waals surface area contributed by atoms with Gasteiger partial charge in [-0.25, -0.2) is 0 Å². The third kappa shape index (κ3) is 4.74. The minimum absolute atomic E-state index is 0.473. The molecule has 4 nitrogen and oxygen atoms in total. The highest BCUT2D eigenvalue weighted by molar-refractivity contribution is 5.46. The van der Waals surface area contributed by atoms with Crippen LogP contribution in [0.4, 0.5) is 0 Å². The van der Waals surface area contributed by atoms with Crippen molar-refractivity contribution >= 4 is 0 Å². The molecule has 22 heavy (non-hydrogen) atoms. The lowest BCUT2D eigenvalue weighted by Gasteiger charge is -2.16. The van der Waals surface area contributed by atoms with Gasteiger partial charge in [0.05, 0.1) is 13.7 Å². The second-order valence-electron chi connectivity index (χ2n) is 5.62. The number of nitrogens with zero attached hydrogens (tertiary/aromatic N) is 1. The smallest absolute Gasteiger partial charge is 0.165 e. The van der Waals surface area contributed by atoms with Gasteiger partial charge in [0.2, 0.25) is 0 Å². The molecule has 0 amide bonds. The predicted molar refractivity (Wildman–Crippen MR) is 88.1 cm³/mol. The second-order valence-corrected chi connectivity index (χ2v) is 5.62. The zero-order chi connectivity index (χ0) is 15.8. The van der Waals surface area contributed by atoms with Crippen LogP contribution in [0, 0.1) is 5.92 Å². The zero-order valence-electron chi connectivity index (χ0n) is 13.5. The van der Waals surface area contributed by atoms with Crippen molar-refractivity contribution in [1.29, 1.82) is 0 Å². The third-order valence-corrected chi connectivity index (χ3v) is 3.21. The molecule has 0 saturated carbocycles. The fourth-order valence-electron chi connectivity index (χ4n) is 2.12. The highest BCUT2D eigenvalue weighted by atomic mass is 16.5. The molecule has 2 rings (SSSR count). The van der Waals surface area contributed by atoms with Crippen LogP contribution in [0.3, 0.4) is 0 Å². The van der Waals surface area contributed by atoms with Crippen LogP contribution in [0.2, 0.25) is 0 Å². The number of aromatic nitrogens is 1. The molecule has 0 radical (unpaired) electrons. The normalized spacial score (nSPS) is 10.7. The molecule has 0 atom stereocenters. The Kier molecular flexibility index (Phi) is 6.22. The fraction of sp³-hybridized carbons (Fsp3) is 0.389. The average molecular weight is 300 g/mol. The van der Waals surface area contributed by atoms with Gasteiger partial charge in [-0.3, -0.25) is 4.98 Å². The molecule has 2 aromatic rings. The maximum absolute atomic E-state index is 5.95. The minimum atomic E-state index is 0.473. The molecule has 0 aliphatic heterocycles. The van der Waals surface area contributed by atoms with Gasteiger partial charge in [-0.15, -0.1) is 0 Å². The van der Waals surface area contributed by atoms with Gasteiger partial charge in [0, 0.05) is 31.0 Å². The first-order valence-electron chi connectivity index (χ1n) is 7.59. The summed E-state index contributed by atoms with van der Waals surface area (Å²) in [6.45, 7) is 6.44. The maximum Gasteiger partial charge on any atom is 0.165 e. The Morgan fingerprint density at radius 2 is 2.00 bits per heavy atom. The number of nitrogens with one attached hydrogen (secondary N) is 1. The predicted octanol–water partition coefficient (Wildman–Crippen LogP) is 3.41. The first kappa shape index (κ1) is 16.3. The van der Waals surface area contributed by atoms with Crippen LogP contribution in [-0.2, 0) is 13.1 Å². The number of methoxy groups -OCH3 is 1.